The predicted molar refractivity (Wildman–Crippen MR) is 68.6 cm³/mol. The number of carboxylic acid groups (broad SMARTS) is 1. The highest BCUT2D eigenvalue weighted by Gasteiger charge is 2.29. The zero-order chi connectivity index (χ0) is 13.0. The first kappa shape index (κ1) is 13.1. The fraction of sp³-hybridized carbons (Fsp3) is 0.500. The van der Waals surface area contributed by atoms with Crippen molar-refractivity contribution in [2.24, 2.45) is 0 Å². The molecule has 0 bridgehead atoms. The van der Waals surface area contributed by atoms with Crippen molar-refractivity contribution in [2.45, 2.75) is 18.9 Å². The predicted octanol–water partition coefficient (Wildman–Crippen LogP) is 1.71. The van der Waals surface area contributed by atoms with E-state index in [-0.39, 0.29) is 0 Å². The van der Waals surface area contributed by atoms with Crippen LogP contribution in [0.4, 0.5) is 0 Å². The van der Waals surface area contributed by atoms with Crippen LogP contribution in [0.1, 0.15) is 23.5 Å². The summed E-state index contributed by atoms with van der Waals surface area (Å²) in [6.45, 7) is 3.03. The minimum absolute atomic E-state index is 0.405. The molecule has 1 aromatic carbocycles. The van der Waals surface area contributed by atoms with E-state index in [4.69, 9.17) is 4.74 Å². The van der Waals surface area contributed by atoms with Crippen LogP contribution >= 0.6 is 0 Å². The molecule has 2 rings (SSSR count). The lowest BCUT2D eigenvalue weighted by Crippen LogP contribution is -2.37. The van der Waals surface area contributed by atoms with Gasteiger partial charge < -0.3 is 9.84 Å². The van der Waals surface area contributed by atoms with Crippen LogP contribution in [0, 0.1) is 0 Å². The molecule has 1 unspecified atom stereocenters. The zero-order valence-electron chi connectivity index (χ0n) is 10.6. The van der Waals surface area contributed by atoms with E-state index in [1.165, 1.54) is 0 Å². The highest BCUT2D eigenvalue weighted by Crippen LogP contribution is 2.28. The van der Waals surface area contributed by atoms with Gasteiger partial charge in [-0.3, -0.25) is 9.69 Å². The van der Waals surface area contributed by atoms with Gasteiger partial charge in [-0.25, -0.2) is 0 Å². The van der Waals surface area contributed by atoms with E-state index in [1.54, 1.807) is 7.11 Å². The molecule has 0 fully saturated rings. The first-order chi connectivity index (χ1) is 8.72. The summed E-state index contributed by atoms with van der Waals surface area (Å²) in [5.74, 6) is -1.14. The number of benzene rings is 1. The summed E-state index contributed by atoms with van der Waals surface area (Å²) in [6.07, 6.45) is 0.936. The SMILES string of the molecule is COCCCN1Cc2ccccc2C(C(=O)O)C1. The number of fused-ring (bicyclic) bond motifs is 1. The van der Waals surface area contributed by atoms with E-state index < -0.39 is 11.9 Å². The van der Waals surface area contributed by atoms with Crippen molar-refractivity contribution in [3.05, 3.63) is 35.4 Å². The maximum absolute atomic E-state index is 11.3. The Morgan fingerprint density at radius 1 is 1.50 bits per heavy atom. The fourth-order valence-electron chi connectivity index (χ4n) is 2.49. The highest BCUT2D eigenvalue weighted by molar-refractivity contribution is 5.77. The van der Waals surface area contributed by atoms with Gasteiger partial charge >= 0.3 is 5.97 Å². The van der Waals surface area contributed by atoms with E-state index in [2.05, 4.69) is 4.90 Å². The first-order valence-corrected chi connectivity index (χ1v) is 6.24. The van der Waals surface area contributed by atoms with E-state index in [0.29, 0.717) is 6.54 Å². The smallest absolute Gasteiger partial charge is 0.312 e. The highest BCUT2D eigenvalue weighted by atomic mass is 16.5. The van der Waals surface area contributed by atoms with Gasteiger partial charge in [0.15, 0.2) is 0 Å². The summed E-state index contributed by atoms with van der Waals surface area (Å²) < 4.78 is 5.03. The normalized spacial score (nSPS) is 19.5. The summed E-state index contributed by atoms with van der Waals surface area (Å²) in [5.41, 5.74) is 2.10. The van der Waals surface area contributed by atoms with Crippen molar-refractivity contribution in [1.29, 1.82) is 0 Å². The van der Waals surface area contributed by atoms with Gasteiger partial charge in [-0.2, -0.15) is 0 Å². The fourth-order valence-corrected chi connectivity index (χ4v) is 2.49. The summed E-state index contributed by atoms with van der Waals surface area (Å²) >= 11 is 0. The maximum atomic E-state index is 11.3. The average Bonchev–Trinajstić information content (AvgIpc) is 2.38. The van der Waals surface area contributed by atoms with Crippen LogP contribution in [-0.2, 0) is 16.1 Å². The van der Waals surface area contributed by atoms with Crippen LogP contribution in [0.2, 0.25) is 0 Å². The average molecular weight is 249 g/mol. The molecule has 98 valence electrons. The number of ether oxygens (including phenoxy) is 1. The van der Waals surface area contributed by atoms with Gasteiger partial charge in [0.2, 0.25) is 0 Å². The number of carboxylic acids is 1. The third kappa shape index (κ3) is 2.89. The second-order valence-corrected chi connectivity index (χ2v) is 4.67. The number of hydrogen-bond donors (Lipinski definition) is 1. The minimum Gasteiger partial charge on any atom is -0.481 e. The second-order valence-electron chi connectivity index (χ2n) is 4.67. The lowest BCUT2D eigenvalue weighted by Gasteiger charge is -2.32. The zero-order valence-corrected chi connectivity index (χ0v) is 10.6. The molecule has 18 heavy (non-hydrogen) atoms. The molecule has 0 saturated heterocycles. The Balaban J connectivity index is 2.10. The Hall–Kier alpha value is -1.39. The number of rotatable bonds is 5. The summed E-state index contributed by atoms with van der Waals surface area (Å²) in [4.78, 5) is 13.5. The van der Waals surface area contributed by atoms with Crippen LogP contribution in [0.5, 0.6) is 0 Å². The minimum atomic E-state index is -0.737. The van der Waals surface area contributed by atoms with Crippen LogP contribution in [0.3, 0.4) is 0 Å². The third-order valence-corrected chi connectivity index (χ3v) is 3.39. The Morgan fingerprint density at radius 3 is 3.00 bits per heavy atom. The Morgan fingerprint density at radius 2 is 2.28 bits per heavy atom. The molecule has 1 aliphatic heterocycles. The Kier molecular flexibility index (Phi) is 4.33. The molecule has 4 heteroatoms. The molecule has 1 heterocycles. The topological polar surface area (TPSA) is 49.8 Å². The van der Waals surface area contributed by atoms with Crippen LogP contribution in [-0.4, -0.2) is 42.8 Å². The molecule has 0 aromatic heterocycles. The molecule has 4 nitrogen and oxygen atoms in total. The molecule has 0 aliphatic carbocycles. The third-order valence-electron chi connectivity index (χ3n) is 3.39. The standard InChI is InChI=1S/C14H19NO3/c1-18-8-4-7-15-9-11-5-2-3-6-12(11)13(10-15)14(16)17/h2-3,5-6,13H,4,7-10H2,1H3,(H,16,17). The van der Waals surface area contributed by atoms with Gasteiger partial charge in [0.1, 0.15) is 0 Å². The molecule has 0 saturated carbocycles. The molecule has 0 amide bonds. The molecular formula is C14H19NO3. The summed E-state index contributed by atoms with van der Waals surface area (Å²) in [5, 5.41) is 9.32. The van der Waals surface area contributed by atoms with Crippen molar-refractivity contribution in [3.63, 3.8) is 0 Å². The van der Waals surface area contributed by atoms with Crippen molar-refractivity contribution >= 4 is 5.97 Å². The van der Waals surface area contributed by atoms with E-state index in [9.17, 15) is 9.90 Å². The molecule has 1 N–H and O–H groups in total. The van der Waals surface area contributed by atoms with Gasteiger partial charge in [-0.15, -0.1) is 0 Å². The number of nitrogens with zero attached hydrogens (tertiary/aromatic N) is 1. The molecule has 0 spiro atoms. The number of methoxy groups -OCH3 is 1. The van der Waals surface area contributed by atoms with Crippen LogP contribution < -0.4 is 0 Å². The first-order valence-electron chi connectivity index (χ1n) is 6.24. The molecule has 1 aromatic rings. The van der Waals surface area contributed by atoms with Crippen molar-refractivity contribution in [2.75, 3.05) is 26.8 Å². The van der Waals surface area contributed by atoms with Crippen molar-refractivity contribution in [3.8, 4) is 0 Å². The van der Waals surface area contributed by atoms with Crippen LogP contribution in [0.25, 0.3) is 0 Å². The molecular weight excluding hydrogens is 230 g/mol. The monoisotopic (exact) mass is 249 g/mol. The largest absolute Gasteiger partial charge is 0.481 e. The van der Waals surface area contributed by atoms with Gasteiger partial charge in [0.25, 0.3) is 0 Å². The van der Waals surface area contributed by atoms with Crippen molar-refractivity contribution in [1.82, 2.24) is 4.90 Å². The molecule has 1 aliphatic rings. The maximum Gasteiger partial charge on any atom is 0.312 e. The molecule has 0 radical (unpaired) electrons. The van der Waals surface area contributed by atoms with E-state index >= 15 is 0 Å². The Labute approximate surface area is 107 Å². The van der Waals surface area contributed by atoms with Gasteiger partial charge in [-0.05, 0) is 17.5 Å². The van der Waals surface area contributed by atoms with Gasteiger partial charge in [-0.1, -0.05) is 24.3 Å². The quantitative estimate of drug-likeness (QED) is 0.807. The number of carbonyl (C=O) groups is 1. The van der Waals surface area contributed by atoms with Gasteiger partial charge in [0.05, 0.1) is 5.92 Å². The van der Waals surface area contributed by atoms with E-state index in [0.717, 1.165) is 37.2 Å². The summed E-state index contributed by atoms with van der Waals surface area (Å²) in [6, 6.07) is 7.83. The Bertz CT molecular complexity index is 419. The van der Waals surface area contributed by atoms with Crippen LogP contribution in [0.15, 0.2) is 24.3 Å². The number of hydrogen-bond acceptors (Lipinski definition) is 3. The lowest BCUT2D eigenvalue weighted by atomic mass is 9.90. The van der Waals surface area contributed by atoms with Gasteiger partial charge in [0, 0.05) is 33.4 Å². The second kappa shape index (κ2) is 5.98. The summed E-state index contributed by atoms with van der Waals surface area (Å²) in [7, 11) is 1.69. The molecule has 1 atom stereocenters. The van der Waals surface area contributed by atoms with Crippen molar-refractivity contribution < 1.29 is 14.6 Å². The lowest BCUT2D eigenvalue weighted by molar-refractivity contribution is -0.139. The number of aliphatic carboxylic acids is 1. The van der Waals surface area contributed by atoms with E-state index in [1.807, 2.05) is 24.3 Å².